The molecule has 5 heteroatoms. The summed E-state index contributed by atoms with van der Waals surface area (Å²) < 4.78 is 0. The largest absolute Gasteiger partial charge is 0.333 e. The molecule has 0 atom stereocenters. The maximum atomic E-state index is 12.1. The van der Waals surface area contributed by atoms with Crippen molar-refractivity contribution in [3.05, 3.63) is 48.0 Å². The summed E-state index contributed by atoms with van der Waals surface area (Å²) in [6.07, 6.45) is 3.45. The first-order valence-electron chi connectivity index (χ1n) is 8.73. The third kappa shape index (κ3) is 4.44. The predicted molar refractivity (Wildman–Crippen MR) is 99.3 cm³/mol. The molecule has 1 heterocycles. The number of likely N-dealkylation sites (tertiary alicyclic amines) is 1. The summed E-state index contributed by atoms with van der Waals surface area (Å²) in [5.74, 6) is -0.196. The summed E-state index contributed by atoms with van der Waals surface area (Å²) in [5, 5.41) is 6.50. The van der Waals surface area contributed by atoms with E-state index in [0.717, 1.165) is 35.9 Å². The Morgan fingerprint density at radius 2 is 1.92 bits per heavy atom. The Balaban J connectivity index is 1.63. The highest BCUT2D eigenvalue weighted by atomic mass is 16.2. The second-order valence-corrected chi connectivity index (χ2v) is 6.42. The molecule has 130 valence electrons. The van der Waals surface area contributed by atoms with Crippen LogP contribution < -0.4 is 5.43 Å². The molecule has 1 aliphatic rings. The number of fused-ring (bicyclic) bond motifs is 1. The predicted octanol–water partition coefficient (Wildman–Crippen LogP) is 3.08. The minimum Gasteiger partial charge on any atom is -0.333 e. The summed E-state index contributed by atoms with van der Waals surface area (Å²) in [6.45, 7) is 2.59. The average Bonchev–Trinajstić information content (AvgIpc) is 2.83. The van der Waals surface area contributed by atoms with Gasteiger partial charge >= 0.3 is 0 Å². The fraction of sp³-hybridized carbons (Fsp3) is 0.350. The van der Waals surface area contributed by atoms with Crippen molar-refractivity contribution in [3.63, 3.8) is 0 Å². The van der Waals surface area contributed by atoms with Gasteiger partial charge in [-0.05, 0) is 42.2 Å². The van der Waals surface area contributed by atoms with Crippen LogP contribution in [0.15, 0.2) is 47.6 Å². The highest BCUT2D eigenvalue weighted by Crippen LogP contribution is 2.16. The van der Waals surface area contributed by atoms with E-state index in [4.69, 9.17) is 0 Å². The van der Waals surface area contributed by atoms with E-state index < -0.39 is 0 Å². The third-order valence-electron chi connectivity index (χ3n) is 4.52. The fourth-order valence-electron chi connectivity index (χ4n) is 3.04. The van der Waals surface area contributed by atoms with Crippen LogP contribution >= 0.6 is 0 Å². The molecule has 1 saturated heterocycles. The van der Waals surface area contributed by atoms with E-state index >= 15 is 0 Å². The van der Waals surface area contributed by atoms with Crippen molar-refractivity contribution in [1.29, 1.82) is 0 Å². The smallest absolute Gasteiger partial charge is 0.259 e. The minimum absolute atomic E-state index is 0.0582. The van der Waals surface area contributed by atoms with Crippen molar-refractivity contribution >= 4 is 28.3 Å². The first-order chi connectivity index (χ1) is 12.1. The highest BCUT2D eigenvalue weighted by Gasteiger charge is 2.18. The van der Waals surface area contributed by atoms with Crippen molar-refractivity contribution in [2.24, 2.45) is 5.10 Å². The quantitative estimate of drug-likeness (QED) is 0.688. The average molecular weight is 337 g/mol. The fourth-order valence-corrected chi connectivity index (χ4v) is 3.04. The van der Waals surface area contributed by atoms with E-state index in [9.17, 15) is 9.59 Å². The maximum absolute atomic E-state index is 12.1. The van der Waals surface area contributed by atoms with Crippen molar-refractivity contribution in [2.45, 2.75) is 32.6 Å². The number of nitrogens with one attached hydrogen (secondary N) is 1. The summed E-state index contributed by atoms with van der Waals surface area (Å²) in [6, 6.07) is 14.2. The van der Waals surface area contributed by atoms with Gasteiger partial charge in [-0.2, -0.15) is 5.10 Å². The number of hydrogen-bond acceptors (Lipinski definition) is 3. The summed E-state index contributed by atoms with van der Waals surface area (Å²) in [5.41, 5.74) is 4.27. The van der Waals surface area contributed by atoms with Crippen LogP contribution in [0.4, 0.5) is 0 Å². The van der Waals surface area contributed by atoms with E-state index in [1.54, 1.807) is 4.90 Å². The van der Waals surface area contributed by atoms with Crippen LogP contribution in [0.1, 0.15) is 38.2 Å². The molecule has 2 aromatic rings. The molecule has 0 saturated carbocycles. The number of hydrogen-bond donors (Lipinski definition) is 1. The molecule has 5 nitrogen and oxygen atoms in total. The van der Waals surface area contributed by atoms with Gasteiger partial charge < -0.3 is 4.90 Å². The van der Waals surface area contributed by atoms with Crippen molar-refractivity contribution in [1.82, 2.24) is 10.3 Å². The molecule has 0 spiro atoms. The van der Waals surface area contributed by atoms with E-state index in [1.165, 1.54) is 5.39 Å². The van der Waals surface area contributed by atoms with Gasteiger partial charge in [0.2, 0.25) is 5.91 Å². The number of benzene rings is 2. The van der Waals surface area contributed by atoms with E-state index in [0.29, 0.717) is 13.0 Å². The van der Waals surface area contributed by atoms with Gasteiger partial charge in [-0.15, -0.1) is 0 Å². The van der Waals surface area contributed by atoms with Gasteiger partial charge in [0.1, 0.15) is 6.54 Å². The molecule has 1 N–H and O–H groups in total. The lowest BCUT2D eigenvalue weighted by molar-refractivity contribution is -0.135. The zero-order valence-electron chi connectivity index (χ0n) is 14.5. The van der Waals surface area contributed by atoms with Gasteiger partial charge in [0.05, 0.1) is 5.71 Å². The standard InChI is InChI=1S/C20H23N3O2/c1-15(17-11-10-16-7-4-5-8-18(16)13-17)21-22-19(24)14-23-12-6-2-3-9-20(23)25/h4-5,7-8,10-11,13H,2-3,6,9,12,14H2,1H3,(H,22,24)/b21-15-. The van der Waals surface area contributed by atoms with Crippen LogP contribution in [0.3, 0.4) is 0 Å². The van der Waals surface area contributed by atoms with Crippen molar-refractivity contribution < 1.29 is 9.59 Å². The van der Waals surface area contributed by atoms with Crippen molar-refractivity contribution in [3.8, 4) is 0 Å². The number of carbonyl (C=O) groups excluding carboxylic acids is 2. The monoisotopic (exact) mass is 337 g/mol. The first kappa shape index (κ1) is 17.1. The lowest BCUT2D eigenvalue weighted by Crippen LogP contribution is -2.39. The van der Waals surface area contributed by atoms with E-state index in [1.807, 2.05) is 31.2 Å². The third-order valence-corrected chi connectivity index (χ3v) is 4.52. The van der Waals surface area contributed by atoms with E-state index in [2.05, 4.69) is 28.7 Å². The van der Waals surface area contributed by atoms with Crippen LogP contribution in [0.2, 0.25) is 0 Å². The molecule has 25 heavy (non-hydrogen) atoms. The lowest BCUT2D eigenvalue weighted by atomic mass is 10.0. The molecular formula is C20H23N3O2. The Kier molecular flexibility index (Phi) is 5.43. The lowest BCUT2D eigenvalue weighted by Gasteiger charge is -2.19. The van der Waals surface area contributed by atoms with Crippen LogP contribution in [0, 0.1) is 0 Å². The number of rotatable bonds is 4. The molecule has 3 rings (SSSR count). The molecule has 1 fully saturated rings. The maximum Gasteiger partial charge on any atom is 0.259 e. The molecule has 2 aromatic carbocycles. The summed E-state index contributed by atoms with van der Waals surface area (Å²) in [4.78, 5) is 25.7. The zero-order chi connectivity index (χ0) is 17.6. The van der Waals surface area contributed by atoms with Gasteiger partial charge in [-0.3, -0.25) is 9.59 Å². The van der Waals surface area contributed by atoms with Gasteiger partial charge in [0, 0.05) is 13.0 Å². The van der Waals surface area contributed by atoms with Crippen LogP contribution in [-0.4, -0.2) is 35.5 Å². The SMILES string of the molecule is C/C(=N/NC(=O)CN1CCCCCC1=O)c1ccc2ccccc2c1. The molecule has 0 aliphatic carbocycles. The molecule has 2 amide bonds. The molecular weight excluding hydrogens is 314 g/mol. The first-order valence-corrected chi connectivity index (χ1v) is 8.73. The van der Waals surface area contributed by atoms with Crippen LogP contribution in [-0.2, 0) is 9.59 Å². The van der Waals surface area contributed by atoms with Crippen LogP contribution in [0.5, 0.6) is 0 Å². The molecule has 0 aromatic heterocycles. The van der Waals surface area contributed by atoms with Crippen molar-refractivity contribution in [2.75, 3.05) is 13.1 Å². The van der Waals surface area contributed by atoms with Gasteiger partial charge in [-0.1, -0.05) is 42.8 Å². The van der Waals surface area contributed by atoms with E-state index in [-0.39, 0.29) is 18.4 Å². The van der Waals surface area contributed by atoms with Crippen LogP contribution in [0.25, 0.3) is 10.8 Å². The summed E-state index contributed by atoms with van der Waals surface area (Å²) >= 11 is 0. The molecule has 0 radical (unpaired) electrons. The van der Waals surface area contributed by atoms with Gasteiger partial charge in [-0.25, -0.2) is 5.43 Å². The molecule has 1 aliphatic heterocycles. The van der Waals surface area contributed by atoms with Gasteiger partial charge in [0.25, 0.3) is 5.91 Å². The number of carbonyl (C=O) groups is 2. The molecule has 0 bridgehead atoms. The normalized spacial score (nSPS) is 16.0. The Hall–Kier alpha value is -2.69. The molecule has 0 unspecified atom stereocenters. The minimum atomic E-state index is -0.254. The Labute approximate surface area is 147 Å². The second-order valence-electron chi connectivity index (χ2n) is 6.42. The second kappa shape index (κ2) is 7.92. The highest BCUT2D eigenvalue weighted by molar-refractivity contribution is 6.02. The Morgan fingerprint density at radius 3 is 2.76 bits per heavy atom. The summed E-state index contributed by atoms with van der Waals surface area (Å²) in [7, 11) is 0. The number of nitrogens with zero attached hydrogens (tertiary/aromatic N) is 2. The number of amides is 2. The topological polar surface area (TPSA) is 61.8 Å². The number of hydrazone groups is 1. The Morgan fingerprint density at radius 1 is 1.12 bits per heavy atom. The zero-order valence-corrected chi connectivity index (χ0v) is 14.5. The Bertz CT molecular complexity index is 813. The van der Waals surface area contributed by atoms with Gasteiger partial charge in [0.15, 0.2) is 0 Å².